The van der Waals surface area contributed by atoms with E-state index in [-0.39, 0.29) is 6.04 Å². The fourth-order valence-electron chi connectivity index (χ4n) is 3.61. The maximum absolute atomic E-state index is 11.8. The largest absolute Gasteiger partial charge is 0.497 e. The van der Waals surface area contributed by atoms with Gasteiger partial charge in [-0.15, -0.1) is 0 Å². The summed E-state index contributed by atoms with van der Waals surface area (Å²) < 4.78 is 30.5. The van der Waals surface area contributed by atoms with Gasteiger partial charge >= 0.3 is 0 Å². The minimum absolute atomic E-state index is 0.165. The third kappa shape index (κ3) is 2.93. The van der Waals surface area contributed by atoms with Crippen molar-refractivity contribution in [1.82, 2.24) is 9.21 Å². The summed E-state index contributed by atoms with van der Waals surface area (Å²) >= 11 is 0. The van der Waals surface area contributed by atoms with Gasteiger partial charge in [0.1, 0.15) is 5.75 Å². The maximum atomic E-state index is 11.8. The molecule has 116 valence electrons. The third-order valence-corrected chi connectivity index (χ3v) is 5.92. The average Bonchev–Trinajstić information content (AvgIpc) is 3.02. The molecule has 2 saturated heterocycles. The monoisotopic (exact) mass is 310 g/mol. The first-order valence-corrected chi connectivity index (χ1v) is 9.17. The van der Waals surface area contributed by atoms with Crippen molar-refractivity contribution in [1.29, 1.82) is 0 Å². The highest BCUT2D eigenvalue weighted by Gasteiger charge is 2.45. The van der Waals surface area contributed by atoms with Crippen molar-refractivity contribution in [2.24, 2.45) is 0 Å². The molecular weight excluding hydrogens is 288 g/mol. The molecule has 0 amide bonds. The second-order valence-corrected chi connectivity index (χ2v) is 7.84. The normalized spacial score (nSPS) is 27.0. The van der Waals surface area contributed by atoms with Crippen LogP contribution in [0.4, 0.5) is 0 Å². The van der Waals surface area contributed by atoms with Gasteiger partial charge in [-0.3, -0.25) is 4.90 Å². The molecule has 0 saturated carbocycles. The molecule has 2 atom stereocenters. The first-order valence-electron chi connectivity index (χ1n) is 7.33. The molecule has 2 aliphatic rings. The summed E-state index contributed by atoms with van der Waals surface area (Å²) in [6, 6.07) is 8.63. The van der Waals surface area contributed by atoms with Crippen LogP contribution in [0, 0.1) is 0 Å². The molecule has 21 heavy (non-hydrogen) atoms. The van der Waals surface area contributed by atoms with E-state index in [2.05, 4.69) is 17.0 Å². The zero-order valence-corrected chi connectivity index (χ0v) is 13.3. The summed E-state index contributed by atoms with van der Waals surface area (Å²) in [5.74, 6) is 0.863. The second kappa shape index (κ2) is 5.59. The Morgan fingerprint density at radius 2 is 1.81 bits per heavy atom. The molecule has 0 bridgehead atoms. The Bertz CT molecular complexity index is 600. The highest BCUT2D eigenvalue weighted by molar-refractivity contribution is 7.88. The first kappa shape index (κ1) is 14.8. The fourth-order valence-corrected chi connectivity index (χ4v) is 4.78. The van der Waals surface area contributed by atoms with Crippen LogP contribution >= 0.6 is 0 Å². The summed E-state index contributed by atoms with van der Waals surface area (Å²) in [5.41, 5.74) is 1.24. The predicted octanol–water partition coefficient (Wildman–Crippen LogP) is 1.30. The van der Waals surface area contributed by atoms with E-state index in [1.807, 2.05) is 12.1 Å². The zero-order chi connectivity index (χ0) is 15.0. The number of hydrogen-bond donors (Lipinski definition) is 0. The van der Waals surface area contributed by atoms with Gasteiger partial charge in [-0.05, 0) is 30.5 Å². The van der Waals surface area contributed by atoms with Gasteiger partial charge < -0.3 is 4.74 Å². The molecule has 0 aliphatic carbocycles. The number of methoxy groups -OCH3 is 1. The number of ether oxygens (including phenoxy) is 1. The SMILES string of the molecule is COc1ccc(CN2CC[C@@H]3[C@@H]2CCN3S(C)(=O)=O)cc1. The number of sulfonamides is 1. The number of fused-ring (bicyclic) bond motifs is 1. The third-order valence-electron chi connectivity index (χ3n) is 4.61. The van der Waals surface area contributed by atoms with Gasteiger partial charge in [0.05, 0.1) is 13.4 Å². The highest BCUT2D eigenvalue weighted by Crippen LogP contribution is 2.34. The summed E-state index contributed by atoms with van der Waals surface area (Å²) in [7, 11) is -1.41. The standard InChI is InChI=1S/C15H22N2O3S/c1-20-13-5-3-12(4-6-13)11-16-9-7-15-14(16)8-10-17(15)21(2,18)19/h3-6,14-15H,7-11H2,1-2H3/t14-,15+/m0/s1. The quantitative estimate of drug-likeness (QED) is 0.841. The molecule has 2 aliphatic heterocycles. The van der Waals surface area contributed by atoms with Crippen LogP contribution in [0.2, 0.25) is 0 Å². The Labute approximate surface area is 126 Å². The van der Waals surface area contributed by atoms with Gasteiger partial charge in [-0.25, -0.2) is 8.42 Å². The molecule has 0 unspecified atom stereocenters. The smallest absolute Gasteiger partial charge is 0.211 e. The molecule has 0 radical (unpaired) electrons. The predicted molar refractivity (Wildman–Crippen MR) is 81.8 cm³/mol. The number of benzene rings is 1. The van der Waals surface area contributed by atoms with Crippen LogP contribution in [0.25, 0.3) is 0 Å². The van der Waals surface area contributed by atoms with E-state index in [4.69, 9.17) is 4.74 Å². The second-order valence-electron chi connectivity index (χ2n) is 5.90. The molecule has 2 heterocycles. The molecule has 2 fully saturated rings. The number of nitrogens with zero attached hydrogens (tertiary/aromatic N) is 2. The molecule has 0 aromatic heterocycles. The lowest BCUT2D eigenvalue weighted by atomic mass is 10.1. The summed E-state index contributed by atoms with van der Waals surface area (Å²) in [5, 5.41) is 0. The summed E-state index contributed by atoms with van der Waals surface area (Å²) in [4.78, 5) is 2.41. The minimum Gasteiger partial charge on any atom is -0.497 e. The molecular formula is C15H22N2O3S. The first-order chi connectivity index (χ1) is 9.99. The van der Waals surface area contributed by atoms with Crippen molar-refractivity contribution in [3.63, 3.8) is 0 Å². The lowest BCUT2D eigenvalue weighted by Gasteiger charge is -2.24. The van der Waals surface area contributed by atoms with E-state index >= 15 is 0 Å². The molecule has 5 nitrogen and oxygen atoms in total. The van der Waals surface area contributed by atoms with Crippen LogP contribution in [0.1, 0.15) is 18.4 Å². The number of likely N-dealkylation sites (tertiary alicyclic amines) is 1. The van der Waals surface area contributed by atoms with Gasteiger partial charge in [-0.2, -0.15) is 4.31 Å². The maximum Gasteiger partial charge on any atom is 0.211 e. The van der Waals surface area contributed by atoms with Crippen LogP contribution in [0.5, 0.6) is 5.75 Å². The van der Waals surface area contributed by atoms with Crippen molar-refractivity contribution in [3.8, 4) is 5.75 Å². The Kier molecular flexibility index (Phi) is 3.94. The highest BCUT2D eigenvalue weighted by atomic mass is 32.2. The fraction of sp³-hybridized carbons (Fsp3) is 0.600. The average molecular weight is 310 g/mol. The van der Waals surface area contributed by atoms with Crippen molar-refractivity contribution in [2.75, 3.05) is 26.5 Å². The van der Waals surface area contributed by atoms with Crippen molar-refractivity contribution < 1.29 is 13.2 Å². The van der Waals surface area contributed by atoms with Gasteiger partial charge in [0.25, 0.3) is 0 Å². The van der Waals surface area contributed by atoms with E-state index in [1.165, 1.54) is 11.8 Å². The van der Waals surface area contributed by atoms with Gasteiger partial charge in [0.15, 0.2) is 0 Å². The van der Waals surface area contributed by atoms with E-state index < -0.39 is 10.0 Å². The van der Waals surface area contributed by atoms with E-state index in [0.29, 0.717) is 12.6 Å². The van der Waals surface area contributed by atoms with E-state index in [0.717, 1.165) is 31.7 Å². The lowest BCUT2D eigenvalue weighted by molar-refractivity contribution is 0.240. The van der Waals surface area contributed by atoms with Crippen LogP contribution in [-0.2, 0) is 16.6 Å². The molecule has 1 aromatic rings. The molecule has 0 N–H and O–H groups in total. The number of rotatable bonds is 4. The van der Waals surface area contributed by atoms with Crippen LogP contribution < -0.4 is 4.74 Å². The topological polar surface area (TPSA) is 49.9 Å². The van der Waals surface area contributed by atoms with Crippen molar-refractivity contribution in [2.45, 2.75) is 31.5 Å². The Hall–Kier alpha value is -1.11. The Balaban J connectivity index is 1.68. The zero-order valence-electron chi connectivity index (χ0n) is 12.5. The van der Waals surface area contributed by atoms with Crippen molar-refractivity contribution >= 4 is 10.0 Å². The molecule has 6 heteroatoms. The van der Waals surface area contributed by atoms with E-state index in [9.17, 15) is 8.42 Å². The number of hydrogen-bond acceptors (Lipinski definition) is 4. The molecule has 3 rings (SSSR count). The lowest BCUT2D eigenvalue weighted by Crippen LogP contribution is -2.38. The molecule has 0 spiro atoms. The Morgan fingerprint density at radius 3 is 2.43 bits per heavy atom. The van der Waals surface area contributed by atoms with E-state index in [1.54, 1.807) is 11.4 Å². The Morgan fingerprint density at radius 1 is 1.14 bits per heavy atom. The van der Waals surface area contributed by atoms with Gasteiger partial charge in [-0.1, -0.05) is 12.1 Å². The van der Waals surface area contributed by atoms with Crippen molar-refractivity contribution in [3.05, 3.63) is 29.8 Å². The van der Waals surface area contributed by atoms with Crippen LogP contribution in [0.15, 0.2) is 24.3 Å². The van der Waals surface area contributed by atoms with Gasteiger partial charge in [0, 0.05) is 31.7 Å². The van der Waals surface area contributed by atoms with Gasteiger partial charge in [0.2, 0.25) is 10.0 Å². The molecule has 1 aromatic carbocycles. The van der Waals surface area contributed by atoms with Crippen LogP contribution in [0.3, 0.4) is 0 Å². The summed E-state index contributed by atoms with van der Waals surface area (Å²) in [6.45, 7) is 2.50. The minimum atomic E-state index is -3.07. The van der Waals surface area contributed by atoms with Crippen LogP contribution in [-0.4, -0.2) is 56.2 Å². The summed E-state index contributed by atoms with van der Waals surface area (Å²) in [6.07, 6.45) is 3.20.